The van der Waals surface area contributed by atoms with Crippen LogP contribution < -0.4 is 5.32 Å². The summed E-state index contributed by atoms with van der Waals surface area (Å²) in [6, 6.07) is 7.15. The molecule has 1 heterocycles. The molecule has 0 aliphatic carbocycles. The highest BCUT2D eigenvalue weighted by Gasteiger charge is 2.27. The van der Waals surface area contributed by atoms with Crippen LogP contribution in [0.4, 0.5) is 19.1 Å². The van der Waals surface area contributed by atoms with Crippen molar-refractivity contribution in [1.29, 1.82) is 0 Å². The molecule has 0 spiro atoms. The van der Waals surface area contributed by atoms with Gasteiger partial charge in [0.15, 0.2) is 0 Å². The standard InChI is InChI=1S/C13H16F3N5O/c1-9-3-5-11(6-4-9)21-12(18-19-20-21)17-10(2)7-22-8-13(14,15)16/h3-6,10H,7-8H2,1-2H3,(H,17,18,20)/t10-/m1/s1. The molecule has 1 N–H and O–H groups in total. The molecular formula is C13H16F3N5O. The Morgan fingerprint density at radius 1 is 1.27 bits per heavy atom. The van der Waals surface area contributed by atoms with Crippen LogP contribution in [0.15, 0.2) is 24.3 Å². The Morgan fingerprint density at radius 2 is 1.95 bits per heavy atom. The van der Waals surface area contributed by atoms with E-state index in [9.17, 15) is 13.2 Å². The number of halogens is 3. The maximum Gasteiger partial charge on any atom is 0.411 e. The lowest BCUT2D eigenvalue weighted by atomic mass is 10.2. The first-order valence-corrected chi connectivity index (χ1v) is 6.61. The molecular weight excluding hydrogens is 299 g/mol. The number of nitrogens with one attached hydrogen (secondary N) is 1. The second-order valence-corrected chi connectivity index (χ2v) is 4.93. The van der Waals surface area contributed by atoms with Gasteiger partial charge in [-0.2, -0.15) is 17.9 Å². The predicted molar refractivity (Wildman–Crippen MR) is 73.8 cm³/mol. The third-order valence-corrected chi connectivity index (χ3v) is 2.76. The molecule has 22 heavy (non-hydrogen) atoms. The molecule has 9 heteroatoms. The number of anilines is 1. The van der Waals surface area contributed by atoms with Gasteiger partial charge in [0.25, 0.3) is 0 Å². The quantitative estimate of drug-likeness (QED) is 0.886. The van der Waals surface area contributed by atoms with E-state index in [-0.39, 0.29) is 12.6 Å². The Labute approximate surface area is 125 Å². The van der Waals surface area contributed by atoms with E-state index in [1.54, 1.807) is 6.92 Å². The molecule has 1 aromatic heterocycles. The van der Waals surface area contributed by atoms with Crippen LogP contribution >= 0.6 is 0 Å². The minimum absolute atomic E-state index is 0.111. The topological polar surface area (TPSA) is 64.9 Å². The van der Waals surface area contributed by atoms with E-state index in [1.807, 2.05) is 31.2 Å². The summed E-state index contributed by atoms with van der Waals surface area (Å²) in [4.78, 5) is 0. The molecule has 0 amide bonds. The number of alkyl halides is 3. The van der Waals surface area contributed by atoms with Gasteiger partial charge in [0.1, 0.15) is 6.61 Å². The number of aromatic nitrogens is 4. The fourth-order valence-electron chi connectivity index (χ4n) is 1.75. The second-order valence-electron chi connectivity index (χ2n) is 4.93. The number of hydrogen-bond donors (Lipinski definition) is 1. The van der Waals surface area contributed by atoms with Crippen molar-refractivity contribution in [3.63, 3.8) is 0 Å². The van der Waals surface area contributed by atoms with Gasteiger partial charge >= 0.3 is 6.18 Å². The summed E-state index contributed by atoms with van der Waals surface area (Å²) in [6.45, 7) is 2.26. The van der Waals surface area contributed by atoms with E-state index in [4.69, 9.17) is 0 Å². The second kappa shape index (κ2) is 6.73. The molecule has 2 aromatic rings. The van der Waals surface area contributed by atoms with Gasteiger partial charge in [-0.25, -0.2) is 0 Å². The lowest BCUT2D eigenvalue weighted by Crippen LogP contribution is -2.27. The first kappa shape index (κ1) is 16.2. The van der Waals surface area contributed by atoms with E-state index < -0.39 is 12.8 Å². The van der Waals surface area contributed by atoms with Gasteiger partial charge in [0.2, 0.25) is 5.95 Å². The summed E-state index contributed by atoms with van der Waals surface area (Å²) in [5.41, 5.74) is 1.85. The molecule has 1 aromatic carbocycles. The highest BCUT2D eigenvalue weighted by molar-refractivity contribution is 5.40. The third-order valence-electron chi connectivity index (χ3n) is 2.76. The molecule has 0 saturated heterocycles. The molecule has 0 fully saturated rings. The minimum atomic E-state index is -4.33. The van der Waals surface area contributed by atoms with Gasteiger partial charge in [0, 0.05) is 6.04 Å². The van der Waals surface area contributed by atoms with Crippen molar-refractivity contribution in [3.8, 4) is 5.69 Å². The molecule has 0 aliphatic heterocycles. The number of nitrogens with zero attached hydrogens (tertiary/aromatic N) is 4. The molecule has 6 nitrogen and oxygen atoms in total. The van der Waals surface area contributed by atoms with E-state index >= 15 is 0 Å². The monoisotopic (exact) mass is 315 g/mol. The van der Waals surface area contributed by atoms with Crippen LogP contribution in [-0.4, -0.2) is 45.6 Å². The van der Waals surface area contributed by atoms with Crippen molar-refractivity contribution >= 4 is 5.95 Å². The van der Waals surface area contributed by atoms with Gasteiger partial charge < -0.3 is 10.1 Å². The summed E-state index contributed by atoms with van der Waals surface area (Å²) in [6.07, 6.45) is -4.33. The van der Waals surface area contributed by atoms with Crippen molar-refractivity contribution < 1.29 is 17.9 Å². The number of ether oxygens (including phenoxy) is 1. The van der Waals surface area contributed by atoms with Crippen LogP contribution in [0.2, 0.25) is 0 Å². The molecule has 120 valence electrons. The maximum atomic E-state index is 12.0. The Bertz CT molecular complexity index is 596. The average molecular weight is 315 g/mol. The number of aryl methyl sites for hydroxylation is 1. The molecule has 2 rings (SSSR count). The van der Waals surface area contributed by atoms with Crippen LogP contribution in [0.3, 0.4) is 0 Å². The smallest absolute Gasteiger partial charge is 0.370 e. The summed E-state index contributed by atoms with van der Waals surface area (Å²) < 4.78 is 42.1. The van der Waals surface area contributed by atoms with Crippen LogP contribution in [0.25, 0.3) is 5.69 Å². The number of benzene rings is 1. The predicted octanol–water partition coefficient (Wildman–Crippen LogP) is 2.35. The first-order chi connectivity index (χ1) is 10.3. The van der Waals surface area contributed by atoms with Crippen LogP contribution in [0.1, 0.15) is 12.5 Å². The minimum Gasteiger partial charge on any atom is -0.370 e. The molecule has 1 atom stereocenters. The molecule has 0 unspecified atom stereocenters. The first-order valence-electron chi connectivity index (χ1n) is 6.61. The molecule has 0 saturated carbocycles. The zero-order valence-electron chi connectivity index (χ0n) is 12.1. The SMILES string of the molecule is Cc1ccc(-n2nnnc2N[C@H](C)COCC(F)(F)F)cc1. The average Bonchev–Trinajstić information content (AvgIpc) is 2.86. The van der Waals surface area contributed by atoms with Crippen molar-refractivity contribution in [2.45, 2.75) is 26.1 Å². The Kier molecular flexibility index (Phi) is 4.96. The van der Waals surface area contributed by atoms with Gasteiger partial charge in [-0.3, -0.25) is 0 Å². The zero-order chi connectivity index (χ0) is 16.2. The van der Waals surface area contributed by atoms with E-state index in [0.717, 1.165) is 11.3 Å². The van der Waals surface area contributed by atoms with Crippen molar-refractivity contribution in [1.82, 2.24) is 20.2 Å². The van der Waals surface area contributed by atoms with Crippen molar-refractivity contribution in [2.75, 3.05) is 18.5 Å². The fraction of sp³-hybridized carbons (Fsp3) is 0.462. The Hall–Kier alpha value is -2.16. The van der Waals surface area contributed by atoms with Gasteiger partial charge in [-0.1, -0.05) is 22.8 Å². The molecule has 0 aliphatic rings. The summed E-state index contributed by atoms with van der Waals surface area (Å²) >= 11 is 0. The Morgan fingerprint density at radius 3 is 2.59 bits per heavy atom. The van der Waals surface area contributed by atoms with Crippen molar-refractivity contribution in [2.24, 2.45) is 0 Å². The summed E-state index contributed by atoms with van der Waals surface area (Å²) in [5, 5.41) is 14.2. The fourth-order valence-corrected chi connectivity index (χ4v) is 1.75. The number of rotatable bonds is 6. The van der Waals surface area contributed by atoms with Gasteiger partial charge in [-0.15, -0.1) is 0 Å². The molecule has 0 radical (unpaired) electrons. The van der Waals surface area contributed by atoms with Crippen molar-refractivity contribution in [3.05, 3.63) is 29.8 Å². The summed E-state index contributed by atoms with van der Waals surface area (Å²) in [7, 11) is 0. The lowest BCUT2D eigenvalue weighted by Gasteiger charge is -2.15. The maximum absolute atomic E-state index is 12.0. The van der Waals surface area contributed by atoms with E-state index in [1.165, 1.54) is 4.68 Å². The van der Waals surface area contributed by atoms with Gasteiger partial charge in [0.05, 0.1) is 12.3 Å². The number of hydrogen-bond acceptors (Lipinski definition) is 5. The zero-order valence-corrected chi connectivity index (χ0v) is 12.1. The van der Waals surface area contributed by atoms with E-state index in [0.29, 0.717) is 5.95 Å². The lowest BCUT2D eigenvalue weighted by molar-refractivity contribution is -0.174. The largest absolute Gasteiger partial charge is 0.411 e. The van der Waals surface area contributed by atoms with E-state index in [2.05, 4.69) is 25.6 Å². The highest BCUT2D eigenvalue weighted by atomic mass is 19.4. The normalized spacial score (nSPS) is 13.1. The van der Waals surface area contributed by atoms with Gasteiger partial charge in [-0.05, 0) is 36.4 Å². The third kappa shape index (κ3) is 4.69. The van der Waals surface area contributed by atoms with Crippen LogP contribution in [-0.2, 0) is 4.74 Å². The Balaban J connectivity index is 1.96. The summed E-state index contributed by atoms with van der Waals surface area (Å²) in [5.74, 6) is 0.340. The highest BCUT2D eigenvalue weighted by Crippen LogP contribution is 2.15. The van der Waals surface area contributed by atoms with Crippen LogP contribution in [0.5, 0.6) is 0 Å². The number of tetrazole rings is 1. The van der Waals surface area contributed by atoms with Crippen LogP contribution in [0, 0.1) is 6.92 Å². The molecule has 0 bridgehead atoms.